The number of nitrogens with one attached hydrogen (secondary N) is 1. The number of nitrogens with zero attached hydrogens (tertiary/aromatic N) is 2. The molecule has 2 aromatic rings. The summed E-state index contributed by atoms with van der Waals surface area (Å²) in [4.78, 5) is 4.46. The standard InChI is InChI=1S/C13H17N3/c1-10-3-2-4-12-13(10)16(9-15-12)8-11-5-6-14-7-11/h2-4,9,11,14H,5-8H2,1H3. The van der Waals surface area contributed by atoms with Crippen molar-refractivity contribution in [3.63, 3.8) is 0 Å². The first-order chi connectivity index (χ1) is 7.84. The van der Waals surface area contributed by atoms with Gasteiger partial charge in [-0.3, -0.25) is 0 Å². The van der Waals surface area contributed by atoms with Gasteiger partial charge < -0.3 is 9.88 Å². The van der Waals surface area contributed by atoms with E-state index in [1.54, 1.807) is 0 Å². The van der Waals surface area contributed by atoms with Crippen molar-refractivity contribution in [3.05, 3.63) is 30.1 Å². The second kappa shape index (κ2) is 3.91. The number of aryl methyl sites for hydroxylation is 1. The number of rotatable bonds is 2. The lowest BCUT2D eigenvalue weighted by atomic mass is 10.1. The van der Waals surface area contributed by atoms with Crippen LogP contribution in [0.3, 0.4) is 0 Å². The summed E-state index contributed by atoms with van der Waals surface area (Å²) in [5.74, 6) is 0.761. The van der Waals surface area contributed by atoms with E-state index in [1.165, 1.54) is 17.5 Å². The number of hydrogen-bond acceptors (Lipinski definition) is 2. The highest BCUT2D eigenvalue weighted by molar-refractivity contribution is 5.78. The number of aromatic nitrogens is 2. The third-order valence-electron chi connectivity index (χ3n) is 3.46. The van der Waals surface area contributed by atoms with Crippen LogP contribution < -0.4 is 5.32 Å². The zero-order valence-corrected chi connectivity index (χ0v) is 9.61. The number of benzene rings is 1. The molecule has 1 N–H and O–H groups in total. The van der Waals surface area contributed by atoms with Gasteiger partial charge in [0.2, 0.25) is 0 Å². The van der Waals surface area contributed by atoms with Crippen molar-refractivity contribution in [3.8, 4) is 0 Å². The molecule has 2 heterocycles. The summed E-state index contributed by atoms with van der Waals surface area (Å²) >= 11 is 0. The Balaban J connectivity index is 1.97. The zero-order valence-electron chi connectivity index (χ0n) is 9.61. The van der Waals surface area contributed by atoms with Crippen LogP contribution >= 0.6 is 0 Å². The molecule has 3 rings (SSSR count). The van der Waals surface area contributed by atoms with Gasteiger partial charge in [-0.1, -0.05) is 12.1 Å². The van der Waals surface area contributed by atoms with Gasteiger partial charge in [0.05, 0.1) is 17.4 Å². The average Bonchev–Trinajstić information content (AvgIpc) is 2.90. The topological polar surface area (TPSA) is 29.9 Å². The summed E-state index contributed by atoms with van der Waals surface area (Å²) in [7, 11) is 0. The maximum atomic E-state index is 4.46. The van der Waals surface area contributed by atoms with Gasteiger partial charge >= 0.3 is 0 Å². The molecule has 1 atom stereocenters. The van der Waals surface area contributed by atoms with Crippen molar-refractivity contribution in [1.82, 2.24) is 14.9 Å². The van der Waals surface area contributed by atoms with E-state index < -0.39 is 0 Å². The van der Waals surface area contributed by atoms with E-state index in [-0.39, 0.29) is 0 Å². The number of imidazole rings is 1. The van der Waals surface area contributed by atoms with E-state index in [1.807, 2.05) is 6.33 Å². The van der Waals surface area contributed by atoms with E-state index in [9.17, 15) is 0 Å². The molecule has 0 spiro atoms. The third kappa shape index (κ3) is 1.61. The van der Waals surface area contributed by atoms with Crippen LogP contribution in [0, 0.1) is 12.8 Å². The Hall–Kier alpha value is -1.35. The Morgan fingerprint density at radius 1 is 1.50 bits per heavy atom. The van der Waals surface area contributed by atoms with Crippen molar-refractivity contribution >= 4 is 11.0 Å². The number of para-hydroxylation sites is 1. The van der Waals surface area contributed by atoms with Crippen LogP contribution in [0.4, 0.5) is 0 Å². The summed E-state index contributed by atoms with van der Waals surface area (Å²) in [5, 5.41) is 3.41. The van der Waals surface area contributed by atoms with E-state index >= 15 is 0 Å². The van der Waals surface area contributed by atoms with Gasteiger partial charge in [0.25, 0.3) is 0 Å². The van der Waals surface area contributed by atoms with Crippen molar-refractivity contribution in [2.24, 2.45) is 5.92 Å². The Bertz CT molecular complexity index is 495. The summed E-state index contributed by atoms with van der Waals surface area (Å²) in [6.07, 6.45) is 3.27. The minimum Gasteiger partial charge on any atom is -0.330 e. The van der Waals surface area contributed by atoms with Crippen molar-refractivity contribution in [2.75, 3.05) is 13.1 Å². The Kier molecular flexibility index (Phi) is 2.40. The maximum absolute atomic E-state index is 4.46. The van der Waals surface area contributed by atoms with Crippen LogP contribution in [-0.2, 0) is 6.54 Å². The molecule has 1 fully saturated rings. The molecule has 16 heavy (non-hydrogen) atoms. The fourth-order valence-corrected chi connectivity index (χ4v) is 2.60. The molecule has 0 saturated carbocycles. The summed E-state index contributed by atoms with van der Waals surface area (Å²) in [5.41, 5.74) is 3.74. The van der Waals surface area contributed by atoms with E-state index in [2.05, 4.69) is 40.0 Å². The third-order valence-corrected chi connectivity index (χ3v) is 3.46. The van der Waals surface area contributed by atoms with Crippen molar-refractivity contribution < 1.29 is 0 Å². The van der Waals surface area contributed by atoms with Gasteiger partial charge in [0, 0.05) is 6.54 Å². The average molecular weight is 215 g/mol. The monoisotopic (exact) mass is 215 g/mol. The molecule has 0 radical (unpaired) electrons. The highest BCUT2D eigenvalue weighted by Gasteiger charge is 2.16. The molecule has 1 aromatic carbocycles. The SMILES string of the molecule is Cc1cccc2ncn(CC3CCNC3)c12. The fraction of sp³-hybridized carbons (Fsp3) is 0.462. The molecule has 1 aliphatic heterocycles. The molecule has 1 unspecified atom stereocenters. The predicted octanol–water partition coefficient (Wildman–Crippen LogP) is 1.95. The first kappa shape index (κ1) is 9.85. The molecule has 0 bridgehead atoms. The molecular weight excluding hydrogens is 198 g/mol. The van der Waals surface area contributed by atoms with E-state index in [0.29, 0.717) is 0 Å². The molecule has 0 amide bonds. The van der Waals surface area contributed by atoms with Crippen LogP contribution in [-0.4, -0.2) is 22.6 Å². The number of fused-ring (bicyclic) bond motifs is 1. The molecule has 84 valence electrons. The molecule has 1 aliphatic rings. The second-order valence-corrected chi connectivity index (χ2v) is 4.70. The van der Waals surface area contributed by atoms with Crippen LogP contribution in [0.25, 0.3) is 11.0 Å². The smallest absolute Gasteiger partial charge is 0.0958 e. The summed E-state index contributed by atoms with van der Waals surface area (Å²) in [6.45, 7) is 5.56. The molecule has 1 saturated heterocycles. The Morgan fingerprint density at radius 3 is 3.25 bits per heavy atom. The van der Waals surface area contributed by atoms with E-state index in [0.717, 1.165) is 31.1 Å². The first-order valence-electron chi connectivity index (χ1n) is 5.96. The van der Waals surface area contributed by atoms with Crippen LogP contribution in [0.2, 0.25) is 0 Å². The lowest BCUT2D eigenvalue weighted by molar-refractivity contribution is 0.489. The zero-order chi connectivity index (χ0) is 11.0. The van der Waals surface area contributed by atoms with Crippen LogP contribution in [0.15, 0.2) is 24.5 Å². The highest BCUT2D eigenvalue weighted by Crippen LogP contribution is 2.19. The van der Waals surface area contributed by atoms with Gasteiger partial charge in [0.15, 0.2) is 0 Å². The number of hydrogen-bond donors (Lipinski definition) is 1. The van der Waals surface area contributed by atoms with Gasteiger partial charge in [0.1, 0.15) is 0 Å². The Labute approximate surface area is 95.5 Å². The van der Waals surface area contributed by atoms with Crippen molar-refractivity contribution in [2.45, 2.75) is 19.9 Å². The minimum atomic E-state index is 0.761. The molecule has 1 aromatic heterocycles. The quantitative estimate of drug-likeness (QED) is 0.830. The highest BCUT2D eigenvalue weighted by atomic mass is 15.1. The van der Waals surface area contributed by atoms with Gasteiger partial charge in [-0.2, -0.15) is 0 Å². The largest absolute Gasteiger partial charge is 0.330 e. The fourth-order valence-electron chi connectivity index (χ4n) is 2.60. The van der Waals surface area contributed by atoms with Gasteiger partial charge in [-0.05, 0) is 44.0 Å². The van der Waals surface area contributed by atoms with Gasteiger partial charge in [-0.15, -0.1) is 0 Å². The molecule has 3 heteroatoms. The van der Waals surface area contributed by atoms with Crippen LogP contribution in [0.5, 0.6) is 0 Å². The van der Waals surface area contributed by atoms with Gasteiger partial charge in [-0.25, -0.2) is 4.98 Å². The molecule has 0 aliphatic carbocycles. The molecular formula is C13H17N3. The van der Waals surface area contributed by atoms with E-state index in [4.69, 9.17) is 0 Å². The summed E-state index contributed by atoms with van der Waals surface area (Å²) in [6, 6.07) is 6.32. The summed E-state index contributed by atoms with van der Waals surface area (Å²) < 4.78 is 2.31. The second-order valence-electron chi connectivity index (χ2n) is 4.70. The first-order valence-corrected chi connectivity index (χ1v) is 5.96. The van der Waals surface area contributed by atoms with Crippen LogP contribution in [0.1, 0.15) is 12.0 Å². The van der Waals surface area contributed by atoms with Crippen molar-refractivity contribution in [1.29, 1.82) is 0 Å². The maximum Gasteiger partial charge on any atom is 0.0958 e. The minimum absolute atomic E-state index is 0.761. The lowest BCUT2D eigenvalue weighted by Gasteiger charge is -2.11. The lowest BCUT2D eigenvalue weighted by Crippen LogP contribution is -2.14. The normalized spacial score (nSPS) is 20.7. The molecule has 3 nitrogen and oxygen atoms in total. The Morgan fingerprint density at radius 2 is 2.44 bits per heavy atom. The predicted molar refractivity (Wildman–Crippen MR) is 65.4 cm³/mol.